The van der Waals surface area contributed by atoms with E-state index in [1.54, 1.807) is 6.07 Å². The molecule has 0 unspecified atom stereocenters. The van der Waals surface area contributed by atoms with Gasteiger partial charge in [-0.05, 0) is 18.6 Å². The van der Waals surface area contributed by atoms with Crippen molar-refractivity contribution >= 4 is 11.6 Å². The largest absolute Gasteiger partial charge is 0.314 e. The van der Waals surface area contributed by atoms with E-state index in [2.05, 4.69) is 17.1 Å². The Hall–Kier alpha value is -0.640. The fraction of sp³-hybridized carbons (Fsp3) is 0.538. The summed E-state index contributed by atoms with van der Waals surface area (Å²) in [5.74, 6) is -0.192. The summed E-state index contributed by atoms with van der Waals surface area (Å²) in [6.07, 6.45) is 0.915. The normalized spacial score (nSPS) is 19.2. The zero-order valence-electron chi connectivity index (χ0n) is 10.0. The fourth-order valence-corrected chi connectivity index (χ4v) is 2.60. The lowest BCUT2D eigenvalue weighted by molar-refractivity contribution is 0.166. The Morgan fingerprint density at radius 1 is 1.41 bits per heavy atom. The maximum atomic E-state index is 13.9. The van der Waals surface area contributed by atoms with E-state index in [1.807, 2.05) is 6.07 Å². The van der Waals surface area contributed by atoms with Crippen molar-refractivity contribution in [2.45, 2.75) is 19.4 Å². The molecule has 1 saturated heterocycles. The first-order chi connectivity index (χ1) is 8.22. The molecule has 1 fully saturated rings. The van der Waals surface area contributed by atoms with Crippen LogP contribution in [0, 0.1) is 5.82 Å². The number of nitrogens with one attached hydrogen (secondary N) is 1. The highest BCUT2D eigenvalue weighted by Gasteiger charge is 2.22. The second-order valence-electron chi connectivity index (χ2n) is 4.38. The van der Waals surface area contributed by atoms with Gasteiger partial charge in [0.15, 0.2) is 0 Å². The number of piperazine rings is 1. The number of halogens is 2. The van der Waals surface area contributed by atoms with Crippen LogP contribution < -0.4 is 5.32 Å². The first-order valence-corrected chi connectivity index (χ1v) is 6.50. The van der Waals surface area contributed by atoms with Crippen molar-refractivity contribution in [1.29, 1.82) is 0 Å². The summed E-state index contributed by atoms with van der Waals surface area (Å²) in [4.78, 5) is 2.34. The highest BCUT2D eigenvalue weighted by molar-refractivity contribution is 6.30. The molecule has 4 heteroatoms. The predicted octanol–water partition coefficient (Wildman–Crippen LogP) is 2.84. The molecule has 1 heterocycles. The van der Waals surface area contributed by atoms with Crippen molar-refractivity contribution in [2.75, 3.05) is 26.2 Å². The summed E-state index contributed by atoms with van der Waals surface area (Å²) < 4.78 is 13.9. The van der Waals surface area contributed by atoms with E-state index in [4.69, 9.17) is 11.6 Å². The summed E-state index contributed by atoms with van der Waals surface area (Å²) in [7, 11) is 0. The van der Waals surface area contributed by atoms with Gasteiger partial charge in [0.05, 0.1) is 0 Å². The molecule has 17 heavy (non-hydrogen) atoms. The molecule has 1 N–H and O–H groups in total. The summed E-state index contributed by atoms with van der Waals surface area (Å²) in [6.45, 7) is 6.00. The van der Waals surface area contributed by atoms with Gasteiger partial charge in [-0.15, -0.1) is 0 Å². The quantitative estimate of drug-likeness (QED) is 0.895. The maximum Gasteiger partial charge on any atom is 0.129 e. The standard InChI is InChI=1S/C13H18ClFN2/c1-2-13(17-7-5-16-6-8-17)11-4-3-10(14)9-12(11)15/h3-4,9,13,16H,2,5-8H2,1H3/t13-/m1/s1. The molecule has 0 radical (unpaired) electrons. The van der Waals surface area contributed by atoms with Gasteiger partial charge in [-0.3, -0.25) is 4.90 Å². The van der Waals surface area contributed by atoms with Gasteiger partial charge in [-0.25, -0.2) is 4.39 Å². The Morgan fingerprint density at radius 3 is 2.71 bits per heavy atom. The van der Waals surface area contributed by atoms with Crippen LogP contribution in [0.15, 0.2) is 18.2 Å². The number of benzene rings is 1. The highest BCUT2D eigenvalue weighted by Crippen LogP contribution is 2.28. The van der Waals surface area contributed by atoms with E-state index in [1.165, 1.54) is 6.07 Å². The minimum absolute atomic E-state index is 0.161. The van der Waals surface area contributed by atoms with Gasteiger partial charge in [0, 0.05) is 42.8 Å². The third kappa shape index (κ3) is 2.97. The zero-order chi connectivity index (χ0) is 12.3. The van der Waals surface area contributed by atoms with Crippen molar-refractivity contribution in [3.8, 4) is 0 Å². The Kier molecular flexibility index (Phi) is 4.37. The number of hydrogen-bond acceptors (Lipinski definition) is 2. The second-order valence-corrected chi connectivity index (χ2v) is 4.81. The summed E-state index contributed by atoms with van der Waals surface area (Å²) in [5, 5.41) is 3.77. The zero-order valence-corrected chi connectivity index (χ0v) is 10.8. The number of hydrogen-bond donors (Lipinski definition) is 1. The van der Waals surface area contributed by atoms with Crippen molar-refractivity contribution in [3.63, 3.8) is 0 Å². The van der Waals surface area contributed by atoms with Crippen molar-refractivity contribution in [2.24, 2.45) is 0 Å². The minimum atomic E-state index is -0.192. The van der Waals surface area contributed by atoms with Crippen LogP contribution in [0.4, 0.5) is 4.39 Å². The molecule has 0 aromatic heterocycles. The SMILES string of the molecule is CC[C@H](c1ccc(Cl)cc1F)N1CCNCC1. The van der Waals surface area contributed by atoms with E-state index in [0.717, 1.165) is 38.2 Å². The molecule has 2 nitrogen and oxygen atoms in total. The van der Waals surface area contributed by atoms with Crippen LogP contribution in [-0.2, 0) is 0 Å². The third-order valence-electron chi connectivity index (χ3n) is 3.30. The molecule has 1 aromatic carbocycles. The summed E-state index contributed by atoms with van der Waals surface area (Å²) in [6, 6.07) is 5.15. The van der Waals surface area contributed by atoms with Crippen molar-refractivity contribution < 1.29 is 4.39 Å². The van der Waals surface area contributed by atoms with E-state index in [-0.39, 0.29) is 11.9 Å². The number of nitrogens with zero attached hydrogens (tertiary/aromatic N) is 1. The molecule has 0 aliphatic carbocycles. The van der Waals surface area contributed by atoms with Crippen LogP contribution in [0.5, 0.6) is 0 Å². The topological polar surface area (TPSA) is 15.3 Å². The van der Waals surface area contributed by atoms with Crippen LogP contribution in [0.25, 0.3) is 0 Å². The Bertz CT molecular complexity index is 378. The first-order valence-electron chi connectivity index (χ1n) is 6.12. The fourth-order valence-electron chi connectivity index (χ4n) is 2.44. The second kappa shape index (κ2) is 5.80. The smallest absolute Gasteiger partial charge is 0.129 e. The van der Waals surface area contributed by atoms with Crippen LogP contribution in [0.1, 0.15) is 24.9 Å². The molecule has 0 bridgehead atoms. The van der Waals surface area contributed by atoms with Crippen LogP contribution in [0.2, 0.25) is 5.02 Å². The first kappa shape index (κ1) is 12.8. The molecule has 1 aromatic rings. The Labute approximate surface area is 107 Å². The van der Waals surface area contributed by atoms with Gasteiger partial charge >= 0.3 is 0 Å². The maximum absolute atomic E-state index is 13.9. The molecule has 2 rings (SSSR count). The predicted molar refractivity (Wildman–Crippen MR) is 68.9 cm³/mol. The van der Waals surface area contributed by atoms with Crippen LogP contribution >= 0.6 is 11.6 Å². The lowest BCUT2D eigenvalue weighted by Gasteiger charge is -2.34. The third-order valence-corrected chi connectivity index (χ3v) is 3.54. The van der Waals surface area contributed by atoms with E-state index < -0.39 is 0 Å². The lowest BCUT2D eigenvalue weighted by Crippen LogP contribution is -2.45. The Balaban J connectivity index is 2.21. The molecule has 1 atom stereocenters. The average molecular weight is 257 g/mol. The van der Waals surface area contributed by atoms with Gasteiger partial charge in [-0.2, -0.15) is 0 Å². The van der Waals surface area contributed by atoms with Gasteiger partial charge in [0.1, 0.15) is 5.82 Å². The molecule has 0 amide bonds. The van der Waals surface area contributed by atoms with E-state index >= 15 is 0 Å². The monoisotopic (exact) mass is 256 g/mol. The molecule has 94 valence electrons. The summed E-state index contributed by atoms with van der Waals surface area (Å²) in [5.41, 5.74) is 0.763. The molecule has 1 aliphatic heterocycles. The van der Waals surface area contributed by atoms with Gasteiger partial charge < -0.3 is 5.32 Å². The molecule has 0 spiro atoms. The molecule has 0 saturated carbocycles. The van der Waals surface area contributed by atoms with Crippen molar-refractivity contribution in [1.82, 2.24) is 10.2 Å². The minimum Gasteiger partial charge on any atom is -0.314 e. The van der Waals surface area contributed by atoms with Gasteiger partial charge in [0.2, 0.25) is 0 Å². The lowest BCUT2D eigenvalue weighted by atomic mass is 10.0. The number of rotatable bonds is 3. The van der Waals surface area contributed by atoms with E-state index in [9.17, 15) is 4.39 Å². The van der Waals surface area contributed by atoms with E-state index in [0.29, 0.717) is 5.02 Å². The van der Waals surface area contributed by atoms with Gasteiger partial charge in [-0.1, -0.05) is 24.6 Å². The highest BCUT2D eigenvalue weighted by atomic mass is 35.5. The van der Waals surface area contributed by atoms with Crippen LogP contribution in [-0.4, -0.2) is 31.1 Å². The Morgan fingerprint density at radius 2 is 2.12 bits per heavy atom. The average Bonchev–Trinajstić information content (AvgIpc) is 2.34. The van der Waals surface area contributed by atoms with Crippen molar-refractivity contribution in [3.05, 3.63) is 34.6 Å². The van der Waals surface area contributed by atoms with Crippen LogP contribution in [0.3, 0.4) is 0 Å². The summed E-state index contributed by atoms with van der Waals surface area (Å²) >= 11 is 5.79. The molecular formula is C13H18ClFN2. The molecular weight excluding hydrogens is 239 g/mol. The van der Waals surface area contributed by atoms with Gasteiger partial charge in [0.25, 0.3) is 0 Å². The molecule has 1 aliphatic rings.